The summed E-state index contributed by atoms with van der Waals surface area (Å²) in [6.45, 7) is 0.0650. The summed E-state index contributed by atoms with van der Waals surface area (Å²) in [6.07, 6.45) is 1.84. The van der Waals surface area contributed by atoms with Crippen molar-refractivity contribution in [3.05, 3.63) is 29.3 Å². The van der Waals surface area contributed by atoms with E-state index in [1.165, 1.54) is 31.3 Å². The average molecular weight is 405 g/mol. The van der Waals surface area contributed by atoms with Gasteiger partial charge in [0.1, 0.15) is 6.54 Å². The summed E-state index contributed by atoms with van der Waals surface area (Å²) in [7, 11) is -2.60. The third-order valence-electron chi connectivity index (χ3n) is 3.79. The third kappa shape index (κ3) is 5.94. The molecule has 1 heterocycles. The molecule has 1 fully saturated rings. The molecule has 10 heteroatoms. The van der Waals surface area contributed by atoms with E-state index >= 15 is 0 Å². The Morgan fingerprint density at radius 2 is 2.04 bits per heavy atom. The molecule has 0 aliphatic carbocycles. The first-order valence-electron chi connectivity index (χ1n) is 8.05. The Morgan fingerprint density at radius 3 is 2.65 bits per heavy atom. The molecular weight excluding hydrogens is 384 g/mol. The molecule has 0 aromatic heterocycles. The average Bonchev–Trinajstić information content (AvgIpc) is 3.12. The normalized spacial score (nSPS) is 17.3. The molecule has 1 N–H and O–H groups in total. The number of esters is 1. The summed E-state index contributed by atoms with van der Waals surface area (Å²) in [5.41, 5.74) is 0. The lowest BCUT2D eigenvalue weighted by molar-refractivity contribution is -0.148. The fourth-order valence-electron chi connectivity index (χ4n) is 2.33. The first-order valence-corrected chi connectivity index (χ1v) is 9.86. The zero-order chi connectivity index (χ0) is 19.2. The number of sulfonamides is 1. The molecule has 2 rings (SSSR count). The smallest absolute Gasteiger partial charge is 0.321 e. The van der Waals surface area contributed by atoms with Gasteiger partial charge in [-0.15, -0.1) is 0 Å². The van der Waals surface area contributed by atoms with Gasteiger partial charge >= 0.3 is 5.97 Å². The van der Waals surface area contributed by atoms with Gasteiger partial charge in [-0.3, -0.25) is 9.59 Å². The summed E-state index contributed by atoms with van der Waals surface area (Å²) in [6, 6.07) is 5.58. The minimum atomic E-state index is -3.85. The second-order valence-corrected chi connectivity index (χ2v) is 8.30. The second kappa shape index (κ2) is 9.31. The van der Waals surface area contributed by atoms with Gasteiger partial charge in [0, 0.05) is 25.2 Å². The molecular formula is C16H21ClN2O6S. The summed E-state index contributed by atoms with van der Waals surface area (Å²) in [5.74, 6) is -1.28. The molecule has 1 amide bonds. The van der Waals surface area contributed by atoms with Gasteiger partial charge in [0.15, 0.2) is 6.61 Å². The molecule has 144 valence electrons. The highest BCUT2D eigenvalue weighted by molar-refractivity contribution is 7.89. The number of carbonyl (C=O) groups excluding carboxylic acids is 2. The molecule has 1 aliphatic heterocycles. The van der Waals surface area contributed by atoms with E-state index in [1.54, 1.807) is 0 Å². The van der Waals surface area contributed by atoms with E-state index in [9.17, 15) is 18.0 Å². The van der Waals surface area contributed by atoms with Crippen LogP contribution in [0.15, 0.2) is 29.2 Å². The van der Waals surface area contributed by atoms with Crippen molar-refractivity contribution in [2.45, 2.75) is 23.8 Å². The van der Waals surface area contributed by atoms with Crippen LogP contribution in [0.5, 0.6) is 0 Å². The molecule has 0 bridgehead atoms. The maximum atomic E-state index is 12.3. The maximum Gasteiger partial charge on any atom is 0.321 e. The van der Waals surface area contributed by atoms with E-state index in [2.05, 4.69) is 5.32 Å². The van der Waals surface area contributed by atoms with Gasteiger partial charge in [-0.2, -0.15) is 4.31 Å². The highest BCUT2D eigenvalue weighted by Crippen LogP contribution is 2.17. The summed E-state index contributed by atoms with van der Waals surface area (Å²) in [5, 5.41) is 3.01. The van der Waals surface area contributed by atoms with E-state index in [0.29, 0.717) is 18.2 Å². The van der Waals surface area contributed by atoms with Crippen LogP contribution in [0.2, 0.25) is 5.02 Å². The first-order chi connectivity index (χ1) is 12.3. The number of halogens is 1. The van der Waals surface area contributed by atoms with E-state index in [1.807, 2.05) is 0 Å². The van der Waals surface area contributed by atoms with E-state index in [0.717, 1.165) is 17.1 Å². The van der Waals surface area contributed by atoms with Crippen molar-refractivity contribution in [2.24, 2.45) is 0 Å². The lowest BCUT2D eigenvalue weighted by Gasteiger charge is -2.16. The van der Waals surface area contributed by atoms with Crippen LogP contribution in [0.25, 0.3) is 0 Å². The fraction of sp³-hybridized carbons (Fsp3) is 0.500. The fourth-order valence-corrected chi connectivity index (χ4v) is 3.57. The molecule has 0 spiro atoms. The SMILES string of the molecule is CN(CC(=O)OCC(=O)NCC1CCCO1)S(=O)(=O)c1ccc(Cl)cc1. The van der Waals surface area contributed by atoms with E-state index < -0.39 is 35.1 Å². The van der Waals surface area contributed by atoms with Gasteiger partial charge in [-0.1, -0.05) is 11.6 Å². The number of nitrogens with zero attached hydrogens (tertiary/aromatic N) is 1. The Labute approximate surface area is 157 Å². The molecule has 1 aliphatic rings. The van der Waals surface area contributed by atoms with Crippen LogP contribution in [0, 0.1) is 0 Å². The third-order valence-corrected chi connectivity index (χ3v) is 5.86. The molecule has 0 radical (unpaired) electrons. The van der Waals surface area contributed by atoms with E-state index in [4.69, 9.17) is 21.1 Å². The van der Waals surface area contributed by atoms with Crippen molar-refractivity contribution in [1.29, 1.82) is 0 Å². The zero-order valence-corrected chi connectivity index (χ0v) is 15.9. The van der Waals surface area contributed by atoms with Gasteiger partial charge in [0.25, 0.3) is 5.91 Å². The largest absolute Gasteiger partial charge is 0.455 e. The van der Waals surface area contributed by atoms with Crippen molar-refractivity contribution >= 4 is 33.5 Å². The molecule has 1 aromatic carbocycles. The van der Waals surface area contributed by atoms with Gasteiger partial charge in [0.05, 0.1) is 11.0 Å². The van der Waals surface area contributed by atoms with Gasteiger partial charge < -0.3 is 14.8 Å². The summed E-state index contributed by atoms with van der Waals surface area (Å²) < 4.78 is 35.7. The van der Waals surface area contributed by atoms with Crippen LogP contribution >= 0.6 is 11.6 Å². The molecule has 1 aromatic rings. The second-order valence-electron chi connectivity index (χ2n) is 5.81. The minimum Gasteiger partial charge on any atom is -0.455 e. The summed E-state index contributed by atoms with van der Waals surface area (Å²) >= 11 is 5.74. The number of rotatable bonds is 8. The number of carbonyl (C=O) groups is 2. The van der Waals surface area contributed by atoms with Gasteiger partial charge in [-0.25, -0.2) is 8.42 Å². The Morgan fingerprint density at radius 1 is 1.35 bits per heavy atom. The monoisotopic (exact) mass is 404 g/mol. The minimum absolute atomic E-state index is 0.00602. The summed E-state index contributed by atoms with van der Waals surface area (Å²) in [4.78, 5) is 23.5. The molecule has 0 saturated carbocycles. The quantitative estimate of drug-likeness (QED) is 0.643. The van der Waals surface area contributed by atoms with Crippen molar-refractivity contribution < 1.29 is 27.5 Å². The number of nitrogens with one attached hydrogen (secondary N) is 1. The van der Waals surface area contributed by atoms with E-state index in [-0.39, 0.29) is 11.0 Å². The van der Waals surface area contributed by atoms with Crippen LogP contribution in [0.4, 0.5) is 0 Å². The number of benzene rings is 1. The molecule has 1 saturated heterocycles. The Kier molecular flexibility index (Phi) is 7.39. The first kappa shape index (κ1) is 20.6. The highest BCUT2D eigenvalue weighted by Gasteiger charge is 2.24. The topological polar surface area (TPSA) is 102 Å². The Balaban J connectivity index is 1.77. The molecule has 8 nitrogen and oxygen atoms in total. The van der Waals surface area contributed by atoms with Crippen molar-refractivity contribution in [3.63, 3.8) is 0 Å². The van der Waals surface area contributed by atoms with Gasteiger partial charge in [-0.05, 0) is 37.1 Å². The van der Waals surface area contributed by atoms with Gasteiger partial charge in [0.2, 0.25) is 10.0 Å². The van der Waals surface area contributed by atoms with Crippen LogP contribution in [-0.4, -0.2) is 64.1 Å². The number of hydrogen-bond acceptors (Lipinski definition) is 6. The zero-order valence-electron chi connectivity index (χ0n) is 14.3. The molecule has 1 unspecified atom stereocenters. The van der Waals surface area contributed by atoms with Crippen LogP contribution in [-0.2, 0) is 29.1 Å². The lowest BCUT2D eigenvalue weighted by atomic mass is 10.2. The maximum absolute atomic E-state index is 12.3. The van der Waals surface area contributed by atoms with Crippen LogP contribution < -0.4 is 5.32 Å². The number of likely N-dealkylation sites (N-methyl/N-ethyl adjacent to an activating group) is 1. The van der Waals surface area contributed by atoms with Crippen molar-refractivity contribution in [3.8, 4) is 0 Å². The number of hydrogen-bond donors (Lipinski definition) is 1. The lowest BCUT2D eigenvalue weighted by Crippen LogP contribution is -2.37. The molecule has 26 heavy (non-hydrogen) atoms. The van der Waals surface area contributed by atoms with Crippen molar-refractivity contribution in [1.82, 2.24) is 9.62 Å². The predicted octanol–water partition coefficient (Wildman–Crippen LogP) is 0.799. The Hall–Kier alpha value is -1.68. The Bertz CT molecular complexity index is 732. The number of amides is 1. The standard InChI is InChI=1S/C16H21ClN2O6S/c1-19(26(22,23)14-6-4-12(17)5-7-14)10-16(21)25-11-15(20)18-9-13-3-2-8-24-13/h4-7,13H,2-3,8-11H2,1H3,(H,18,20). The highest BCUT2D eigenvalue weighted by atomic mass is 35.5. The van der Waals surface area contributed by atoms with Crippen LogP contribution in [0.3, 0.4) is 0 Å². The van der Waals surface area contributed by atoms with Crippen molar-refractivity contribution in [2.75, 3.05) is 33.4 Å². The predicted molar refractivity (Wildman–Crippen MR) is 94.2 cm³/mol. The molecule has 1 atom stereocenters. The van der Waals surface area contributed by atoms with Crippen LogP contribution in [0.1, 0.15) is 12.8 Å². The number of ether oxygens (including phenoxy) is 2.